The molecule has 1 aromatic rings. The first kappa shape index (κ1) is 14.2. The van der Waals surface area contributed by atoms with E-state index in [2.05, 4.69) is 4.98 Å². The molecule has 1 aromatic heterocycles. The summed E-state index contributed by atoms with van der Waals surface area (Å²) in [5.41, 5.74) is 2.01. The maximum absolute atomic E-state index is 12.5. The lowest BCUT2D eigenvalue weighted by molar-refractivity contribution is -0.184. The monoisotopic (exact) mass is 263 g/mol. The van der Waals surface area contributed by atoms with Crippen LogP contribution >= 0.6 is 0 Å². The quantitative estimate of drug-likeness (QED) is 0.862. The number of rotatable bonds is 3. The van der Waals surface area contributed by atoms with Gasteiger partial charge >= 0.3 is 6.18 Å². The van der Waals surface area contributed by atoms with Crippen LogP contribution in [0.4, 0.5) is 18.9 Å². The molecule has 1 atom stereocenters. The molecule has 0 aliphatic rings. The molecule has 0 bridgehead atoms. The molecular weight excluding hydrogens is 251 g/mol. The summed E-state index contributed by atoms with van der Waals surface area (Å²) in [5.74, 6) is -1.38. The van der Waals surface area contributed by atoms with E-state index in [1.54, 1.807) is 0 Å². The van der Waals surface area contributed by atoms with Gasteiger partial charge in [0.15, 0.2) is 5.54 Å². The van der Waals surface area contributed by atoms with Crippen molar-refractivity contribution in [1.82, 2.24) is 4.98 Å². The highest BCUT2D eigenvalue weighted by atomic mass is 19.4. The first-order valence-electron chi connectivity index (χ1n) is 4.86. The number of ether oxygens (including phenoxy) is 1. The minimum atomic E-state index is -4.85. The minimum Gasteiger partial charge on any atom is -0.480 e. The second kappa shape index (κ2) is 4.81. The van der Waals surface area contributed by atoms with Crippen molar-refractivity contribution in [1.29, 1.82) is 0 Å². The Morgan fingerprint density at radius 3 is 2.61 bits per heavy atom. The number of methoxy groups -OCH3 is 1. The van der Waals surface area contributed by atoms with Gasteiger partial charge in [-0.15, -0.1) is 0 Å². The molecule has 0 aromatic carbocycles. The van der Waals surface area contributed by atoms with Gasteiger partial charge in [0.25, 0.3) is 5.91 Å². The van der Waals surface area contributed by atoms with Crippen LogP contribution in [0.3, 0.4) is 0 Å². The van der Waals surface area contributed by atoms with Crippen molar-refractivity contribution in [2.75, 3.05) is 12.4 Å². The number of hydrogen-bond donors (Lipinski definition) is 2. The van der Waals surface area contributed by atoms with Crippen molar-refractivity contribution in [3.05, 3.63) is 18.3 Å². The highest BCUT2D eigenvalue weighted by Gasteiger charge is 2.54. The van der Waals surface area contributed by atoms with Crippen LogP contribution in [-0.4, -0.2) is 29.7 Å². The summed E-state index contributed by atoms with van der Waals surface area (Å²) in [7, 11) is 1.28. The third kappa shape index (κ3) is 2.70. The fourth-order valence-corrected chi connectivity index (χ4v) is 1.03. The van der Waals surface area contributed by atoms with E-state index in [0.29, 0.717) is 6.92 Å². The Hall–Kier alpha value is -1.83. The second-order valence-electron chi connectivity index (χ2n) is 3.71. The summed E-state index contributed by atoms with van der Waals surface area (Å²) in [6, 6.07) is 2.80. The molecule has 0 saturated carbocycles. The largest absolute Gasteiger partial charge is 0.480 e. The molecular formula is C10H12F3N3O2. The molecule has 18 heavy (non-hydrogen) atoms. The highest BCUT2D eigenvalue weighted by Crippen LogP contribution is 2.30. The van der Waals surface area contributed by atoms with Crippen molar-refractivity contribution in [3.63, 3.8) is 0 Å². The van der Waals surface area contributed by atoms with Gasteiger partial charge in [0.1, 0.15) is 5.69 Å². The Morgan fingerprint density at radius 2 is 2.11 bits per heavy atom. The third-order valence-electron chi connectivity index (χ3n) is 2.27. The Labute approximate surface area is 101 Å². The highest BCUT2D eigenvalue weighted by molar-refractivity contribution is 5.99. The maximum atomic E-state index is 12.5. The second-order valence-corrected chi connectivity index (χ2v) is 3.71. The van der Waals surface area contributed by atoms with Crippen LogP contribution in [0.2, 0.25) is 0 Å². The number of nitrogens with zero attached hydrogens (tertiary/aromatic N) is 1. The van der Waals surface area contributed by atoms with Gasteiger partial charge in [-0.3, -0.25) is 4.79 Å². The van der Waals surface area contributed by atoms with Crippen molar-refractivity contribution >= 4 is 11.6 Å². The molecule has 0 aliphatic carbocycles. The van der Waals surface area contributed by atoms with Crippen LogP contribution in [0, 0.1) is 0 Å². The summed E-state index contributed by atoms with van der Waals surface area (Å²) in [6.07, 6.45) is -3.48. The van der Waals surface area contributed by atoms with E-state index in [0.717, 1.165) is 0 Å². The summed E-state index contributed by atoms with van der Waals surface area (Å²) in [5, 5.41) is 2.04. The lowest BCUT2D eigenvalue weighted by Gasteiger charge is -2.26. The molecule has 1 heterocycles. The summed E-state index contributed by atoms with van der Waals surface area (Å²) in [4.78, 5) is 15.2. The number of nitrogens with two attached hydrogens (primary N) is 1. The summed E-state index contributed by atoms with van der Waals surface area (Å²) >= 11 is 0. The van der Waals surface area contributed by atoms with Gasteiger partial charge in [0.05, 0.1) is 7.11 Å². The van der Waals surface area contributed by atoms with E-state index in [-0.39, 0.29) is 11.6 Å². The van der Waals surface area contributed by atoms with E-state index in [1.807, 2.05) is 5.32 Å². The molecule has 0 saturated heterocycles. The Kier molecular flexibility index (Phi) is 3.80. The normalized spacial score (nSPS) is 14.8. The van der Waals surface area contributed by atoms with E-state index in [1.165, 1.54) is 25.4 Å². The number of alkyl halides is 3. The van der Waals surface area contributed by atoms with E-state index >= 15 is 0 Å². The SMILES string of the molecule is COc1ncccc1NC(=O)C(C)(N)C(F)(F)F. The van der Waals surface area contributed by atoms with Crippen LogP contribution in [-0.2, 0) is 4.79 Å². The van der Waals surface area contributed by atoms with E-state index in [9.17, 15) is 18.0 Å². The number of nitrogens with one attached hydrogen (secondary N) is 1. The van der Waals surface area contributed by atoms with E-state index in [4.69, 9.17) is 10.5 Å². The molecule has 1 unspecified atom stereocenters. The third-order valence-corrected chi connectivity index (χ3v) is 2.27. The average molecular weight is 263 g/mol. The van der Waals surface area contributed by atoms with Crippen LogP contribution in [0.1, 0.15) is 6.92 Å². The number of anilines is 1. The molecule has 1 amide bonds. The van der Waals surface area contributed by atoms with Crippen LogP contribution in [0.5, 0.6) is 5.88 Å². The minimum absolute atomic E-state index is 0.00354. The van der Waals surface area contributed by atoms with Gasteiger partial charge in [0.2, 0.25) is 5.88 Å². The molecule has 5 nitrogen and oxygen atoms in total. The fraction of sp³-hybridized carbons (Fsp3) is 0.400. The van der Waals surface area contributed by atoms with Crippen molar-refractivity contribution in [2.24, 2.45) is 5.73 Å². The van der Waals surface area contributed by atoms with Gasteiger partial charge in [-0.25, -0.2) is 4.98 Å². The maximum Gasteiger partial charge on any atom is 0.415 e. The predicted octanol–water partition coefficient (Wildman–Crippen LogP) is 1.31. The van der Waals surface area contributed by atoms with Gasteiger partial charge in [-0.2, -0.15) is 13.2 Å². The van der Waals surface area contributed by atoms with Crippen molar-refractivity contribution in [2.45, 2.75) is 18.6 Å². The average Bonchev–Trinajstić information content (AvgIpc) is 2.28. The van der Waals surface area contributed by atoms with Crippen molar-refractivity contribution in [3.8, 4) is 5.88 Å². The Morgan fingerprint density at radius 1 is 1.50 bits per heavy atom. The van der Waals surface area contributed by atoms with Crippen LogP contribution in [0.25, 0.3) is 0 Å². The number of halogens is 3. The smallest absolute Gasteiger partial charge is 0.415 e. The van der Waals surface area contributed by atoms with Gasteiger partial charge in [-0.05, 0) is 19.1 Å². The molecule has 100 valence electrons. The fourth-order valence-electron chi connectivity index (χ4n) is 1.03. The first-order chi connectivity index (χ1) is 8.20. The standard InChI is InChI=1S/C10H12F3N3O2/c1-9(14,10(11,12)13)8(17)16-6-4-3-5-15-7(6)18-2/h3-5H,14H2,1-2H3,(H,16,17). The number of carbonyl (C=O) groups is 1. The zero-order valence-electron chi connectivity index (χ0n) is 9.71. The number of pyridine rings is 1. The zero-order valence-corrected chi connectivity index (χ0v) is 9.71. The Balaban J connectivity index is 2.95. The van der Waals surface area contributed by atoms with E-state index < -0.39 is 17.6 Å². The number of hydrogen-bond acceptors (Lipinski definition) is 4. The van der Waals surface area contributed by atoms with Crippen molar-refractivity contribution < 1.29 is 22.7 Å². The summed E-state index contributed by atoms with van der Waals surface area (Å²) in [6.45, 7) is 0.588. The molecule has 8 heteroatoms. The number of carbonyl (C=O) groups excluding carboxylic acids is 1. The van der Waals surface area contributed by atoms with Gasteiger partial charge < -0.3 is 15.8 Å². The molecule has 1 rings (SSSR count). The van der Waals surface area contributed by atoms with Gasteiger partial charge in [-0.1, -0.05) is 0 Å². The number of amides is 1. The lowest BCUT2D eigenvalue weighted by Crippen LogP contribution is -2.59. The lowest BCUT2D eigenvalue weighted by atomic mass is 10.0. The first-order valence-corrected chi connectivity index (χ1v) is 4.86. The Bertz CT molecular complexity index is 446. The van der Waals surface area contributed by atoms with Crippen LogP contribution < -0.4 is 15.8 Å². The molecule has 0 fully saturated rings. The molecule has 0 spiro atoms. The molecule has 0 aliphatic heterocycles. The molecule has 0 radical (unpaired) electrons. The summed E-state index contributed by atoms with van der Waals surface area (Å²) < 4.78 is 42.4. The zero-order chi connectivity index (χ0) is 14.0. The predicted molar refractivity (Wildman–Crippen MR) is 58.1 cm³/mol. The van der Waals surface area contributed by atoms with Crippen LogP contribution in [0.15, 0.2) is 18.3 Å². The number of aromatic nitrogens is 1. The molecule has 3 N–H and O–H groups in total. The van der Waals surface area contributed by atoms with Gasteiger partial charge in [0, 0.05) is 6.20 Å². The topological polar surface area (TPSA) is 77.2 Å².